The standard InChI is InChI=1S/C16H15F3N2/c1-15-9-13(16(17,18)19)7-8-14(15)21(11-20-15)10-12-5-3-2-4-6-12/h2-8,11H,9-10H2,1H3/t15-/m0/s1. The fourth-order valence-electron chi connectivity index (χ4n) is 2.76. The Bertz CT molecular complexity index is 629. The van der Waals surface area contributed by atoms with Crippen molar-refractivity contribution in [3.63, 3.8) is 0 Å². The van der Waals surface area contributed by atoms with Gasteiger partial charge in [-0.25, -0.2) is 0 Å². The minimum Gasteiger partial charge on any atom is -0.330 e. The second-order valence-electron chi connectivity index (χ2n) is 5.55. The van der Waals surface area contributed by atoms with Crippen molar-refractivity contribution in [2.75, 3.05) is 0 Å². The van der Waals surface area contributed by atoms with Crippen molar-refractivity contribution in [1.29, 1.82) is 0 Å². The zero-order valence-corrected chi connectivity index (χ0v) is 11.6. The smallest absolute Gasteiger partial charge is 0.330 e. The molecule has 0 saturated carbocycles. The maximum atomic E-state index is 12.8. The Morgan fingerprint density at radius 1 is 1.19 bits per heavy atom. The Kier molecular flexibility index (Phi) is 3.15. The van der Waals surface area contributed by atoms with Gasteiger partial charge in [-0.15, -0.1) is 0 Å². The third-order valence-electron chi connectivity index (χ3n) is 3.88. The van der Waals surface area contributed by atoms with Gasteiger partial charge < -0.3 is 4.90 Å². The SMILES string of the molecule is C[C@]12CC(C(F)(F)F)=CC=C1N(Cc1ccccc1)C=N2. The molecule has 0 N–H and O–H groups in total. The molecule has 0 bridgehead atoms. The second kappa shape index (κ2) is 4.76. The summed E-state index contributed by atoms with van der Waals surface area (Å²) in [5.74, 6) is 0. The monoisotopic (exact) mass is 292 g/mol. The van der Waals surface area contributed by atoms with E-state index in [9.17, 15) is 13.2 Å². The van der Waals surface area contributed by atoms with Crippen molar-refractivity contribution < 1.29 is 13.2 Å². The van der Waals surface area contributed by atoms with Crippen LogP contribution in [0.3, 0.4) is 0 Å². The van der Waals surface area contributed by atoms with Crippen molar-refractivity contribution in [1.82, 2.24) is 4.90 Å². The summed E-state index contributed by atoms with van der Waals surface area (Å²) in [6.07, 6.45) is -0.0322. The van der Waals surface area contributed by atoms with Crippen LogP contribution >= 0.6 is 0 Å². The van der Waals surface area contributed by atoms with Crippen molar-refractivity contribution >= 4 is 6.34 Å². The molecule has 0 unspecified atom stereocenters. The molecule has 0 spiro atoms. The van der Waals surface area contributed by atoms with Gasteiger partial charge in [0.2, 0.25) is 0 Å². The van der Waals surface area contributed by atoms with E-state index in [1.54, 1.807) is 19.3 Å². The Morgan fingerprint density at radius 2 is 1.90 bits per heavy atom. The van der Waals surface area contributed by atoms with Crippen LogP contribution in [0, 0.1) is 0 Å². The van der Waals surface area contributed by atoms with E-state index in [4.69, 9.17) is 0 Å². The Morgan fingerprint density at radius 3 is 2.57 bits per heavy atom. The summed E-state index contributed by atoms with van der Waals surface area (Å²) in [5, 5.41) is 0. The highest BCUT2D eigenvalue weighted by molar-refractivity contribution is 5.66. The fourth-order valence-corrected chi connectivity index (χ4v) is 2.76. The quantitative estimate of drug-likeness (QED) is 0.802. The number of benzene rings is 1. The van der Waals surface area contributed by atoms with Gasteiger partial charge in [0, 0.05) is 24.2 Å². The van der Waals surface area contributed by atoms with E-state index in [1.165, 1.54) is 6.08 Å². The highest BCUT2D eigenvalue weighted by Crippen LogP contribution is 2.43. The van der Waals surface area contributed by atoms with E-state index >= 15 is 0 Å². The van der Waals surface area contributed by atoms with Crippen LogP contribution in [0.15, 0.2) is 58.7 Å². The van der Waals surface area contributed by atoms with E-state index in [1.807, 2.05) is 35.2 Å². The van der Waals surface area contributed by atoms with E-state index in [0.29, 0.717) is 6.54 Å². The molecule has 1 aliphatic carbocycles. The molecule has 0 fully saturated rings. The van der Waals surface area contributed by atoms with Gasteiger partial charge in [-0.3, -0.25) is 4.99 Å². The molecule has 21 heavy (non-hydrogen) atoms. The van der Waals surface area contributed by atoms with Crippen LogP contribution < -0.4 is 0 Å². The largest absolute Gasteiger partial charge is 0.412 e. The maximum Gasteiger partial charge on any atom is 0.412 e. The summed E-state index contributed by atoms with van der Waals surface area (Å²) in [7, 11) is 0. The van der Waals surface area contributed by atoms with Gasteiger partial charge >= 0.3 is 6.18 Å². The third kappa shape index (κ3) is 2.60. The second-order valence-corrected chi connectivity index (χ2v) is 5.55. The molecule has 110 valence electrons. The van der Waals surface area contributed by atoms with Crippen molar-refractivity contribution in [3.05, 3.63) is 59.3 Å². The van der Waals surface area contributed by atoms with Gasteiger partial charge in [-0.2, -0.15) is 13.2 Å². The molecule has 1 aromatic rings. The van der Waals surface area contributed by atoms with Gasteiger partial charge in [0.05, 0.1) is 6.34 Å². The van der Waals surface area contributed by atoms with Crippen molar-refractivity contribution in [2.24, 2.45) is 4.99 Å². The minimum absolute atomic E-state index is 0.107. The highest BCUT2D eigenvalue weighted by Gasteiger charge is 2.45. The highest BCUT2D eigenvalue weighted by atomic mass is 19.4. The van der Waals surface area contributed by atoms with Crippen LogP contribution in [-0.4, -0.2) is 23.0 Å². The normalized spacial score (nSPS) is 24.7. The lowest BCUT2D eigenvalue weighted by molar-refractivity contribution is -0.0955. The van der Waals surface area contributed by atoms with Crippen LogP contribution in [0.1, 0.15) is 18.9 Å². The first-order chi connectivity index (χ1) is 9.88. The van der Waals surface area contributed by atoms with Gasteiger partial charge in [0.1, 0.15) is 5.54 Å². The number of rotatable bonds is 2. The third-order valence-corrected chi connectivity index (χ3v) is 3.88. The summed E-state index contributed by atoms with van der Waals surface area (Å²) in [5.41, 5.74) is 0.584. The van der Waals surface area contributed by atoms with Crippen LogP contribution in [-0.2, 0) is 6.54 Å². The molecule has 1 aromatic carbocycles. The average molecular weight is 292 g/mol. The Labute approximate surface area is 121 Å². The van der Waals surface area contributed by atoms with E-state index < -0.39 is 17.3 Å². The lowest BCUT2D eigenvalue weighted by Gasteiger charge is -2.31. The van der Waals surface area contributed by atoms with E-state index in [0.717, 1.165) is 11.3 Å². The summed E-state index contributed by atoms with van der Waals surface area (Å²) in [6.45, 7) is 2.36. The molecule has 2 aliphatic rings. The predicted molar refractivity (Wildman–Crippen MR) is 75.7 cm³/mol. The number of fused-ring (bicyclic) bond motifs is 1. The Hall–Kier alpha value is -2.04. The van der Waals surface area contributed by atoms with Gasteiger partial charge in [0.15, 0.2) is 0 Å². The lowest BCUT2D eigenvalue weighted by Crippen LogP contribution is -2.33. The molecule has 0 aromatic heterocycles. The number of hydrogen-bond acceptors (Lipinski definition) is 2. The number of hydrogen-bond donors (Lipinski definition) is 0. The molecular formula is C16H15F3N2. The van der Waals surface area contributed by atoms with Crippen molar-refractivity contribution in [3.8, 4) is 0 Å². The summed E-state index contributed by atoms with van der Waals surface area (Å²) >= 11 is 0. The first-order valence-corrected chi connectivity index (χ1v) is 6.73. The molecule has 0 saturated heterocycles. The number of halogens is 3. The average Bonchev–Trinajstić information content (AvgIpc) is 2.75. The van der Waals surface area contributed by atoms with Crippen LogP contribution in [0.2, 0.25) is 0 Å². The molecule has 2 nitrogen and oxygen atoms in total. The lowest BCUT2D eigenvalue weighted by atomic mass is 9.85. The topological polar surface area (TPSA) is 15.6 Å². The molecule has 0 radical (unpaired) electrons. The zero-order valence-electron chi connectivity index (χ0n) is 11.6. The summed E-state index contributed by atoms with van der Waals surface area (Å²) < 4.78 is 38.5. The molecule has 1 atom stereocenters. The van der Waals surface area contributed by atoms with Gasteiger partial charge in [-0.05, 0) is 18.6 Å². The first kappa shape index (κ1) is 13.9. The van der Waals surface area contributed by atoms with Crippen LogP contribution in [0.5, 0.6) is 0 Å². The molecular weight excluding hydrogens is 277 g/mol. The van der Waals surface area contributed by atoms with Crippen LogP contribution in [0.4, 0.5) is 13.2 Å². The molecule has 1 aliphatic heterocycles. The number of nitrogens with zero attached hydrogens (tertiary/aromatic N) is 2. The van der Waals surface area contributed by atoms with Gasteiger partial charge in [0.25, 0.3) is 0 Å². The molecule has 5 heteroatoms. The number of allylic oxidation sites excluding steroid dienone is 2. The molecule has 0 amide bonds. The summed E-state index contributed by atoms with van der Waals surface area (Å²) in [4.78, 5) is 6.24. The maximum absolute atomic E-state index is 12.8. The summed E-state index contributed by atoms with van der Waals surface area (Å²) in [6, 6.07) is 9.80. The fraction of sp³-hybridized carbons (Fsp3) is 0.312. The van der Waals surface area contributed by atoms with E-state index in [-0.39, 0.29) is 6.42 Å². The van der Waals surface area contributed by atoms with Gasteiger partial charge in [-0.1, -0.05) is 36.4 Å². The minimum atomic E-state index is -4.28. The van der Waals surface area contributed by atoms with Crippen LogP contribution in [0.25, 0.3) is 0 Å². The van der Waals surface area contributed by atoms with Crippen molar-refractivity contribution in [2.45, 2.75) is 31.6 Å². The molecule has 1 heterocycles. The number of alkyl halides is 3. The first-order valence-electron chi connectivity index (χ1n) is 6.73. The molecule has 3 rings (SSSR count). The number of aliphatic imine (C=N–C) groups is 1. The Balaban J connectivity index is 1.86. The predicted octanol–water partition coefficient (Wildman–Crippen LogP) is 4.07. The van der Waals surface area contributed by atoms with E-state index in [2.05, 4.69) is 4.99 Å². The zero-order chi connectivity index (χ0) is 15.1.